The van der Waals surface area contributed by atoms with E-state index in [0.29, 0.717) is 6.10 Å². The molecule has 1 aliphatic carbocycles. The topological polar surface area (TPSA) is 31.4 Å². The molecule has 4 heteroatoms. The lowest BCUT2D eigenvalue weighted by molar-refractivity contribution is 0.200. The highest BCUT2D eigenvalue weighted by Crippen LogP contribution is 2.32. The average Bonchev–Trinajstić information content (AvgIpc) is 3.08. The molecule has 0 radical (unpaired) electrons. The Balaban J connectivity index is 0.00000192. The van der Waals surface area contributed by atoms with E-state index in [1.54, 1.807) is 7.11 Å². The van der Waals surface area contributed by atoms with Crippen LogP contribution in [0.1, 0.15) is 36.8 Å². The van der Waals surface area contributed by atoms with Gasteiger partial charge < -0.3 is 9.47 Å². The van der Waals surface area contributed by atoms with Crippen LogP contribution in [0.25, 0.3) is 0 Å². The molecule has 1 fully saturated rings. The Bertz CT molecular complexity index is 598. The number of aryl methyl sites for hydroxylation is 2. The van der Waals surface area contributed by atoms with Crippen molar-refractivity contribution in [2.24, 2.45) is 0 Å². The van der Waals surface area contributed by atoms with E-state index in [-0.39, 0.29) is 12.4 Å². The van der Waals surface area contributed by atoms with E-state index in [1.165, 1.54) is 24.0 Å². The summed E-state index contributed by atoms with van der Waals surface area (Å²) in [4.78, 5) is 4.05. The average molecular weight is 334 g/mol. The predicted octanol–water partition coefficient (Wildman–Crippen LogP) is 4.62. The van der Waals surface area contributed by atoms with E-state index in [0.717, 1.165) is 37.2 Å². The minimum absolute atomic E-state index is 0. The molecule has 1 aromatic heterocycles. The van der Waals surface area contributed by atoms with Gasteiger partial charge in [0.1, 0.15) is 0 Å². The van der Waals surface area contributed by atoms with Crippen molar-refractivity contribution in [1.82, 2.24) is 4.98 Å². The maximum atomic E-state index is 6.08. The van der Waals surface area contributed by atoms with Crippen molar-refractivity contribution in [2.75, 3.05) is 7.11 Å². The molecule has 3 nitrogen and oxygen atoms in total. The molecule has 0 aliphatic heterocycles. The lowest BCUT2D eigenvalue weighted by Crippen LogP contribution is -2.11. The third kappa shape index (κ3) is 4.87. The molecule has 0 atom stereocenters. The Morgan fingerprint density at radius 1 is 0.957 bits per heavy atom. The lowest BCUT2D eigenvalue weighted by Gasteiger charge is -2.16. The van der Waals surface area contributed by atoms with Crippen LogP contribution in [0.2, 0.25) is 0 Å². The molecule has 1 aromatic carbocycles. The Morgan fingerprint density at radius 3 is 2.35 bits per heavy atom. The van der Waals surface area contributed by atoms with Gasteiger partial charge in [-0.2, -0.15) is 0 Å². The zero-order chi connectivity index (χ0) is 15.2. The van der Waals surface area contributed by atoms with E-state index in [2.05, 4.69) is 35.3 Å². The summed E-state index contributed by atoms with van der Waals surface area (Å²) in [5.41, 5.74) is 2.58. The first-order valence-corrected chi connectivity index (χ1v) is 8.07. The molecule has 1 aliphatic rings. The van der Waals surface area contributed by atoms with Gasteiger partial charge in [-0.3, -0.25) is 4.98 Å². The minimum Gasteiger partial charge on any atom is -0.493 e. The summed E-state index contributed by atoms with van der Waals surface area (Å²) < 4.78 is 11.6. The summed E-state index contributed by atoms with van der Waals surface area (Å²) in [5.74, 6) is 1.72. The van der Waals surface area contributed by atoms with Gasteiger partial charge in [0.05, 0.1) is 13.2 Å². The van der Waals surface area contributed by atoms with Crippen molar-refractivity contribution < 1.29 is 9.47 Å². The third-order valence-electron chi connectivity index (χ3n) is 4.28. The van der Waals surface area contributed by atoms with Crippen LogP contribution in [0, 0.1) is 0 Å². The van der Waals surface area contributed by atoms with Crippen molar-refractivity contribution in [3.8, 4) is 11.5 Å². The molecule has 0 unspecified atom stereocenters. The summed E-state index contributed by atoms with van der Waals surface area (Å²) in [6.45, 7) is 0. The number of hydrogen-bond acceptors (Lipinski definition) is 3. The van der Waals surface area contributed by atoms with Crippen molar-refractivity contribution in [3.63, 3.8) is 0 Å². The van der Waals surface area contributed by atoms with Crippen molar-refractivity contribution in [3.05, 3.63) is 53.9 Å². The number of aromatic nitrogens is 1. The van der Waals surface area contributed by atoms with Crippen LogP contribution in [0.3, 0.4) is 0 Å². The Kier molecular flexibility index (Phi) is 6.72. The van der Waals surface area contributed by atoms with Crippen molar-refractivity contribution >= 4 is 12.4 Å². The quantitative estimate of drug-likeness (QED) is 0.773. The summed E-state index contributed by atoms with van der Waals surface area (Å²) in [5, 5.41) is 0. The number of benzene rings is 1. The highest BCUT2D eigenvalue weighted by atomic mass is 35.5. The van der Waals surface area contributed by atoms with Crippen LogP contribution >= 0.6 is 12.4 Å². The highest BCUT2D eigenvalue weighted by molar-refractivity contribution is 5.85. The molecular formula is C19H24ClNO2. The van der Waals surface area contributed by atoms with Gasteiger partial charge >= 0.3 is 0 Å². The van der Waals surface area contributed by atoms with Crippen LogP contribution < -0.4 is 9.47 Å². The van der Waals surface area contributed by atoms with Crippen LogP contribution in [0.4, 0.5) is 0 Å². The molecule has 2 aromatic rings. The van der Waals surface area contributed by atoms with Gasteiger partial charge in [-0.25, -0.2) is 0 Å². The monoisotopic (exact) mass is 333 g/mol. The predicted molar refractivity (Wildman–Crippen MR) is 94.8 cm³/mol. The minimum atomic E-state index is 0. The van der Waals surface area contributed by atoms with E-state index < -0.39 is 0 Å². The van der Waals surface area contributed by atoms with Crippen LogP contribution in [0.5, 0.6) is 11.5 Å². The fourth-order valence-electron chi connectivity index (χ4n) is 2.99. The molecular weight excluding hydrogens is 310 g/mol. The second kappa shape index (κ2) is 8.78. The molecule has 0 N–H and O–H groups in total. The van der Waals surface area contributed by atoms with Crippen LogP contribution in [-0.2, 0) is 12.8 Å². The Labute approximate surface area is 144 Å². The summed E-state index contributed by atoms with van der Waals surface area (Å²) >= 11 is 0. The first kappa shape index (κ1) is 17.6. The molecule has 1 heterocycles. The number of methoxy groups -OCH3 is 1. The molecule has 3 rings (SSSR count). The number of pyridine rings is 1. The smallest absolute Gasteiger partial charge is 0.161 e. The molecule has 124 valence electrons. The van der Waals surface area contributed by atoms with Crippen molar-refractivity contribution in [1.29, 1.82) is 0 Å². The number of halogens is 1. The number of rotatable bonds is 6. The molecule has 0 spiro atoms. The molecule has 0 bridgehead atoms. The lowest BCUT2D eigenvalue weighted by atomic mass is 10.0. The zero-order valence-electron chi connectivity index (χ0n) is 13.5. The van der Waals surface area contributed by atoms with Gasteiger partial charge in [-0.15, -0.1) is 12.4 Å². The second-order valence-electron chi connectivity index (χ2n) is 5.86. The first-order valence-electron chi connectivity index (χ1n) is 8.07. The maximum Gasteiger partial charge on any atom is 0.161 e. The number of nitrogens with zero attached hydrogens (tertiary/aromatic N) is 1. The van der Waals surface area contributed by atoms with Gasteiger partial charge in [0.15, 0.2) is 11.5 Å². The largest absolute Gasteiger partial charge is 0.493 e. The van der Waals surface area contributed by atoms with E-state index >= 15 is 0 Å². The first-order chi connectivity index (χ1) is 10.8. The summed E-state index contributed by atoms with van der Waals surface area (Å²) in [6.07, 6.45) is 10.9. The van der Waals surface area contributed by atoms with Gasteiger partial charge in [0.2, 0.25) is 0 Å². The molecule has 23 heavy (non-hydrogen) atoms. The standard InChI is InChI=1S/C19H23NO2.ClH/c1-21-19-14-16(7-6-15-10-12-20-13-11-15)8-9-18(19)22-17-4-2-3-5-17;/h8-14,17H,2-7H2,1H3;1H. The molecule has 0 amide bonds. The maximum absolute atomic E-state index is 6.08. The number of ether oxygens (including phenoxy) is 2. The zero-order valence-corrected chi connectivity index (χ0v) is 14.3. The van der Waals surface area contributed by atoms with Gasteiger partial charge in [0.25, 0.3) is 0 Å². The normalized spacial score (nSPS) is 14.3. The number of hydrogen-bond donors (Lipinski definition) is 0. The second-order valence-corrected chi connectivity index (χ2v) is 5.86. The SMILES string of the molecule is COc1cc(CCc2ccncc2)ccc1OC1CCCC1.Cl. The Hall–Kier alpha value is -1.74. The fourth-order valence-corrected chi connectivity index (χ4v) is 2.99. The van der Waals surface area contributed by atoms with E-state index in [4.69, 9.17) is 9.47 Å². The van der Waals surface area contributed by atoms with Crippen LogP contribution in [0.15, 0.2) is 42.7 Å². The fraction of sp³-hybridized carbons (Fsp3) is 0.421. The van der Waals surface area contributed by atoms with Crippen molar-refractivity contribution in [2.45, 2.75) is 44.6 Å². The van der Waals surface area contributed by atoms with Crippen LogP contribution in [-0.4, -0.2) is 18.2 Å². The molecule has 0 saturated heterocycles. The van der Waals surface area contributed by atoms with Gasteiger partial charge in [-0.1, -0.05) is 6.07 Å². The highest BCUT2D eigenvalue weighted by Gasteiger charge is 2.18. The van der Waals surface area contributed by atoms with E-state index in [9.17, 15) is 0 Å². The van der Waals surface area contributed by atoms with E-state index in [1.807, 2.05) is 12.4 Å². The van der Waals surface area contributed by atoms with Gasteiger partial charge in [-0.05, 0) is 73.9 Å². The molecule has 1 saturated carbocycles. The third-order valence-corrected chi connectivity index (χ3v) is 4.28. The van der Waals surface area contributed by atoms with Gasteiger partial charge in [0, 0.05) is 12.4 Å². The summed E-state index contributed by atoms with van der Waals surface area (Å²) in [7, 11) is 1.71. The summed E-state index contributed by atoms with van der Waals surface area (Å²) in [6, 6.07) is 10.4. The Morgan fingerprint density at radius 2 is 1.65 bits per heavy atom.